The number of imidazole rings is 1. The lowest BCUT2D eigenvalue weighted by Crippen LogP contribution is -2.06. The molecule has 7 nitrogen and oxygen atoms in total. The van der Waals surface area contributed by atoms with Gasteiger partial charge in [-0.1, -0.05) is 12.1 Å². The van der Waals surface area contributed by atoms with Gasteiger partial charge in [0.25, 0.3) is 0 Å². The number of nitrogens with two attached hydrogens (primary N) is 1. The Morgan fingerprint density at radius 1 is 0.971 bits per heavy atom. The average Bonchev–Trinajstić information content (AvgIpc) is 3.23. The van der Waals surface area contributed by atoms with E-state index in [4.69, 9.17) is 32.0 Å². The molecule has 0 radical (unpaired) electrons. The van der Waals surface area contributed by atoms with Crippen LogP contribution in [0.3, 0.4) is 0 Å². The van der Waals surface area contributed by atoms with Crippen molar-refractivity contribution < 1.29 is 4.74 Å². The molecular weight excluding hydrogens is 448 g/mol. The second-order valence-corrected chi connectivity index (χ2v) is 8.37. The second-order valence-electron chi connectivity index (χ2n) is 8.10. The largest absolute Gasteiger partial charge is 0.475 e. The van der Waals surface area contributed by atoms with Crippen LogP contribution in [0.4, 0.5) is 5.82 Å². The number of ether oxygens (including phenoxy) is 1. The first-order valence-electron chi connectivity index (χ1n) is 10.9. The third kappa shape index (κ3) is 4.18. The summed E-state index contributed by atoms with van der Waals surface area (Å²) in [6.07, 6.45) is 3.49. The normalized spacial score (nSPS) is 11.3. The van der Waals surface area contributed by atoms with E-state index in [0.717, 1.165) is 33.6 Å². The van der Waals surface area contributed by atoms with Gasteiger partial charge in [-0.15, -0.1) is 11.6 Å². The number of nitrogens with zero attached hydrogens (tertiary/aromatic N) is 5. The molecule has 5 aromatic rings. The van der Waals surface area contributed by atoms with Crippen molar-refractivity contribution in [2.75, 3.05) is 5.73 Å². The molecule has 0 aliphatic rings. The van der Waals surface area contributed by atoms with Crippen molar-refractivity contribution in [1.82, 2.24) is 24.5 Å². The molecule has 0 bridgehead atoms. The molecule has 4 heterocycles. The maximum atomic E-state index is 6.21. The van der Waals surface area contributed by atoms with E-state index in [1.807, 2.05) is 79.1 Å². The summed E-state index contributed by atoms with van der Waals surface area (Å²) >= 11 is 6.00. The lowest BCUT2D eigenvalue weighted by molar-refractivity contribution is 0.232. The Morgan fingerprint density at radius 2 is 1.79 bits per heavy atom. The van der Waals surface area contributed by atoms with Gasteiger partial charge in [0.2, 0.25) is 5.88 Å². The Morgan fingerprint density at radius 3 is 2.47 bits per heavy atom. The van der Waals surface area contributed by atoms with E-state index in [1.54, 1.807) is 12.4 Å². The number of hydrogen-bond acceptors (Lipinski definition) is 6. The maximum Gasteiger partial charge on any atom is 0.213 e. The molecule has 0 saturated heterocycles. The van der Waals surface area contributed by atoms with Crippen LogP contribution in [0.25, 0.3) is 39.5 Å². The van der Waals surface area contributed by atoms with E-state index in [-0.39, 0.29) is 6.10 Å². The smallest absolute Gasteiger partial charge is 0.213 e. The Bertz CT molecular complexity index is 1450. The molecule has 4 aromatic heterocycles. The van der Waals surface area contributed by atoms with Crippen LogP contribution < -0.4 is 10.5 Å². The van der Waals surface area contributed by atoms with Crippen molar-refractivity contribution in [3.63, 3.8) is 0 Å². The zero-order chi connectivity index (χ0) is 23.7. The minimum absolute atomic E-state index is 0.0608. The molecule has 0 aliphatic heterocycles. The highest BCUT2D eigenvalue weighted by molar-refractivity contribution is 6.17. The molecule has 8 heteroatoms. The van der Waals surface area contributed by atoms with Crippen molar-refractivity contribution in [2.45, 2.75) is 25.8 Å². The number of fused-ring (bicyclic) bond motifs is 1. The summed E-state index contributed by atoms with van der Waals surface area (Å²) < 4.78 is 7.66. The van der Waals surface area contributed by atoms with Crippen molar-refractivity contribution in [3.05, 3.63) is 78.6 Å². The van der Waals surface area contributed by atoms with Crippen LogP contribution >= 0.6 is 11.6 Å². The van der Waals surface area contributed by atoms with Gasteiger partial charge in [0.05, 0.1) is 17.4 Å². The number of aromatic nitrogens is 5. The molecule has 0 aliphatic carbocycles. The molecular formula is C26H23ClN6O. The molecule has 2 N–H and O–H groups in total. The van der Waals surface area contributed by atoms with Crippen LogP contribution in [0.1, 0.15) is 19.4 Å². The number of anilines is 1. The Kier molecular flexibility index (Phi) is 5.86. The lowest BCUT2D eigenvalue weighted by Gasteiger charge is -2.11. The van der Waals surface area contributed by atoms with Gasteiger partial charge in [-0.05, 0) is 61.9 Å². The van der Waals surface area contributed by atoms with Crippen LogP contribution in [-0.4, -0.2) is 30.6 Å². The molecule has 5 rings (SSSR count). The monoisotopic (exact) mass is 470 g/mol. The SMILES string of the molecule is CC(C)Oc1ccc(-c2ccc3nc(-c4cccnc4N)n(-c4ccc(CCl)cc4)c3n2)cn1. The fraction of sp³-hybridized carbons (Fsp3) is 0.154. The standard InChI is InChI=1S/C26H23ClN6O/c1-16(2)34-23-12-7-18(15-30-23)21-10-11-22-26(31-21)33(19-8-5-17(14-27)6-9-19)25(32-22)20-4-3-13-29-24(20)28/h3-13,15-16H,14H2,1-2H3,(H2,28,29). The summed E-state index contributed by atoms with van der Waals surface area (Å²) in [5, 5.41) is 0. The third-order valence-electron chi connectivity index (χ3n) is 5.32. The zero-order valence-corrected chi connectivity index (χ0v) is 19.6. The summed E-state index contributed by atoms with van der Waals surface area (Å²) in [7, 11) is 0. The summed E-state index contributed by atoms with van der Waals surface area (Å²) in [6.45, 7) is 3.94. The Hall–Kier alpha value is -3.97. The van der Waals surface area contributed by atoms with Crippen molar-refractivity contribution in [2.24, 2.45) is 0 Å². The minimum atomic E-state index is 0.0608. The predicted molar refractivity (Wildman–Crippen MR) is 135 cm³/mol. The first-order valence-corrected chi connectivity index (χ1v) is 11.5. The molecule has 34 heavy (non-hydrogen) atoms. The minimum Gasteiger partial charge on any atom is -0.475 e. The molecule has 0 unspecified atom stereocenters. The van der Waals surface area contributed by atoms with Gasteiger partial charge in [-0.25, -0.2) is 19.9 Å². The van der Waals surface area contributed by atoms with Gasteiger partial charge in [-0.2, -0.15) is 0 Å². The number of hydrogen-bond donors (Lipinski definition) is 1. The topological polar surface area (TPSA) is 91.7 Å². The van der Waals surface area contributed by atoms with Crippen LogP contribution in [0.5, 0.6) is 5.88 Å². The van der Waals surface area contributed by atoms with E-state index in [0.29, 0.717) is 29.0 Å². The van der Waals surface area contributed by atoms with E-state index < -0.39 is 0 Å². The number of alkyl halides is 1. The zero-order valence-electron chi connectivity index (χ0n) is 18.8. The fourth-order valence-electron chi connectivity index (χ4n) is 3.73. The van der Waals surface area contributed by atoms with E-state index >= 15 is 0 Å². The second kappa shape index (κ2) is 9.11. The van der Waals surface area contributed by atoms with Crippen molar-refractivity contribution >= 4 is 28.6 Å². The first-order chi connectivity index (χ1) is 16.5. The summed E-state index contributed by atoms with van der Waals surface area (Å²) in [5.41, 5.74) is 12.0. The molecule has 0 spiro atoms. The third-order valence-corrected chi connectivity index (χ3v) is 5.63. The molecule has 170 valence electrons. The fourth-order valence-corrected chi connectivity index (χ4v) is 3.91. The summed E-state index contributed by atoms with van der Waals surface area (Å²) in [5.74, 6) is 2.10. The number of nitrogen functional groups attached to an aromatic ring is 1. The van der Waals surface area contributed by atoms with Gasteiger partial charge in [0, 0.05) is 35.6 Å². The molecule has 0 atom stereocenters. The van der Waals surface area contributed by atoms with Crippen LogP contribution in [0, 0.1) is 0 Å². The van der Waals surface area contributed by atoms with Crippen molar-refractivity contribution in [1.29, 1.82) is 0 Å². The van der Waals surface area contributed by atoms with Gasteiger partial charge >= 0.3 is 0 Å². The maximum absolute atomic E-state index is 6.21. The number of halogens is 1. The molecule has 0 saturated carbocycles. The summed E-state index contributed by atoms with van der Waals surface area (Å²) in [6, 6.07) is 19.4. The molecule has 1 aromatic carbocycles. The highest BCUT2D eigenvalue weighted by Crippen LogP contribution is 2.32. The number of rotatable bonds is 6. The van der Waals surface area contributed by atoms with Crippen LogP contribution in [-0.2, 0) is 5.88 Å². The molecule has 0 fully saturated rings. The van der Waals surface area contributed by atoms with Gasteiger partial charge < -0.3 is 10.5 Å². The van der Waals surface area contributed by atoms with E-state index in [9.17, 15) is 0 Å². The molecule has 0 amide bonds. The highest BCUT2D eigenvalue weighted by atomic mass is 35.5. The van der Waals surface area contributed by atoms with Gasteiger partial charge in [0.1, 0.15) is 11.3 Å². The quantitative estimate of drug-likeness (QED) is 0.322. The average molecular weight is 471 g/mol. The first kappa shape index (κ1) is 21.9. The van der Waals surface area contributed by atoms with Crippen molar-refractivity contribution in [3.8, 4) is 34.2 Å². The van der Waals surface area contributed by atoms with E-state index in [2.05, 4.69) is 9.97 Å². The number of benzene rings is 1. The van der Waals surface area contributed by atoms with Crippen LogP contribution in [0.15, 0.2) is 73.1 Å². The van der Waals surface area contributed by atoms with Gasteiger partial charge in [-0.3, -0.25) is 4.57 Å². The Balaban J connectivity index is 1.68. The summed E-state index contributed by atoms with van der Waals surface area (Å²) in [4.78, 5) is 18.5. The Labute approximate surface area is 202 Å². The van der Waals surface area contributed by atoms with Crippen LogP contribution in [0.2, 0.25) is 0 Å². The number of pyridine rings is 3. The van der Waals surface area contributed by atoms with Gasteiger partial charge in [0.15, 0.2) is 11.5 Å². The lowest BCUT2D eigenvalue weighted by atomic mass is 10.2. The predicted octanol–water partition coefficient (Wildman–Crippen LogP) is 5.65. The highest BCUT2D eigenvalue weighted by Gasteiger charge is 2.18. The van der Waals surface area contributed by atoms with E-state index in [1.165, 1.54) is 0 Å².